The Bertz CT molecular complexity index is 333. The minimum Gasteiger partial charge on any atom is -0.351 e. The van der Waals surface area contributed by atoms with Crippen LogP contribution >= 0.6 is 11.8 Å². The minimum absolute atomic E-state index is 0.0165. The van der Waals surface area contributed by atoms with E-state index < -0.39 is 5.41 Å². The molecule has 1 amide bonds. The standard InChI is InChI=1S/C13H20N2OS/c1-17-11-6-3-2-5-10(11)15-12(16)13(9-14)7-4-8-13/h10-11H,2-8H2,1H3,(H,15,16). The van der Waals surface area contributed by atoms with Gasteiger partial charge in [0.2, 0.25) is 5.91 Å². The summed E-state index contributed by atoms with van der Waals surface area (Å²) in [6.45, 7) is 0. The van der Waals surface area contributed by atoms with Crippen molar-refractivity contribution in [2.45, 2.75) is 56.2 Å². The molecule has 0 saturated heterocycles. The van der Waals surface area contributed by atoms with Crippen LogP contribution in [0.25, 0.3) is 0 Å². The Kier molecular flexibility index (Phi) is 3.98. The molecule has 2 atom stereocenters. The summed E-state index contributed by atoms with van der Waals surface area (Å²) in [5.41, 5.74) is -0.694. The Balaban J connectivity index is 1.95. The van der Waals surface area contributed by atoms with Crippen LogP contribution in [0.4, 0.5) is 0 Å². The molecule has 0 spiro atoms. The molecule has 2 fully saturated rings. The highest BCUT2D eigenvalue weighted by Crippen LogP contribution is 2.41. The first kappa shape index (κ1) is 12.8. The van der Waals surface area contributed by atoms with E-state index >= 15 is 0 Å². The first-order valence-corrected chi connectivity index (χ1v) is 7.76. The molecule has 1 N–H and O–H groups in total. The Morgan fingerprint density at radius 2 is 2.06 bits per heavy atom. The predicted molar refractivity (Wildman–Crippen MR) is 69.6 cm³/mol. The fraction of sp³-hybridized carbons (Fsp3) is 0.846. The van der Waals surface area contributed by atoms with Gasteiger partial charge in [-0.3, -0.25) is 4.79 Å². The lowest BCUT2D eigenvalue weighted by atomic mass is 9.69. The molecule has 0 aromatic rings. The number of amides is 1. The maximum Gasteiger partial charge on any atom is 0.240 e. The Morgan fingerprint density at radius 1 is 1.35 bits per heavy atom. The van der Waals surface area contributed by atoms with Gasteiger partial charge in [0.25, 0.3) is 0 Å². The Hall–Kier alpha value is -0.690. The molecule has 2 saturated carbocycles. The molecular weight excluding hydrogens is 232 g/mol. The maximum atomic E-state index is 12.2. The van der Waals surface area contributed by atoms with E-state index in [0.717, 1.165) is 25.7 Å². The quantitative estimate of drug-likeness (QED) is 0.839. The van der Waals surface area contributed by atoms with Crippen molar-refractivity contribution in [1.82, 2.24) is 5.32 Å². The summed E-state index contributed by atoms with van der Waals surface area (Å²) in [5.74, 6) is -0.0165. The second kappa shape index (κ2) is 5.30. The van der Waals surface area contributed by atoms with Gasteiger partial charge in [0.15, 0.2) is 0 Å². The van der Waals surface area contributed by atoms with E-state index in [1.165, 1.54) is 19.3 Å². The molecule has 3 nitrogen and oxygen atoms in total. The smallest absolute Gasteiger partial charge is 0.240 e. The lowest BCUT2D eigenvalue weighted by Crippen LogP contribution is -2.51. The highest BCUT2D eigenvalue weighted by Gasteiger charge is 2.45. The van der Waals surface area contributed by atoms with E-state index in [1.807, 2.05) is 11.8 Å². The van der Waals surface area contributed by atoms with Crippen molar-refractivity contribution in [3.8, 4) is 6.07 Å². The largest absolute Gasteiger partial charge is 0.351 e. The van der Waals surface area contributed by atoms with Crippen molar-refractivity contribution in [3.05, 3.63) is 0 Å². The number of rotatable bonds is 3. The summed E-state index contributed by atoms with van der Waals surface area (Å²) in [5, 5.41) is 12.8. The van der Waals surface area contributed by atoms with Gasteiger partial charge in [0, 0.05) is 11.3 Å². The van der Waals surface area contributed by atoms with Crippen LogP contribution < -0.4 is 5.32 Å². The van der Waals surface area contributed by atoms with Gasteiger partial charge in [0.1, 0.15) is 5.41 Å². The van der Waals surface area contributed by atoms with Crippen LogP contribution in [0.3, 0.4) is 0 Å². The van der Waals surface area contributed by atoms with Crippen molar-refractivity contribution in [2.24, 2.45) is 5.41 Å². The molecule has 0 aromatic heterocycles. The van der Waals surface area contributed by atoms with Gasteiger partial charge in [-0.25, -0.2) is 0 Å². The zero-order chi connectivity index (χ0) is 12.3. The third-order valence-electron chi connectivity index (χ3n) is 4.18. The van der Waals surface area contributed by atoms with Crippen molar-refractivity contribution >= 4 is 17.7 Å². The van der Waals surface area contributed by atoms with Gasteiger partial charge in [-0.1, -0.05) is 12.8 Å². The van der Waals surface area contributed by atoms with E-state index in [-0.39, 0.29) is 11.9 Å². The second-order valence-electron chi connectivity index (χ2n) is 5.19. The second-order valence-corrected chi connectivity index (χ2v) is 6.26. The van der Waals surface area contributed by atoms with Gasteiger partial charge in [-0.05, 0) is 38.4 Å². The number of nitrogens with zero attached hydrogens (tertiary/aromatic N) is 1. The van der Waals surface area contributed by atoms with Crippen LogP contribution in [0.2, 0.25) is 0 Å². The number of nitriles is 1. The molecule has 0 aromatic carbocycles. The highest BCUT2D eigenvalue weighted by molar-refractivity contribution is 7.99. The van der Waals surface area contributed by atoms with Crippen LogP contribution in [0, 0.1) is 16.7 Å². The summed E-state index contributed by atoms with van der Waals surface area (Å²) >= 11 is 1.84. The molecule has 2 aliphatic carbocycles. The topological polar surface area (TPSA) is 52.9 Å². The fourth-order valence-electron chi connectivity index (χ4n) is 2.77. The summed E-state index contributed by atoms with van der Waals surface area (Å²) < 4.78 is 0. The van der Waals surface area contributed by atoms with Gasteiger partial charge in [-0.15, -0.1) is 0 Å². The van der Waals surface area contributed by atoms with Crippen molar-refractivity contribution in [3.63, 3.8) is 0 Å². The first-order chi connectivity index (χ1) is 8.22. The summed E-state index contributed by atoms with van der Waals surface area (Å²) in [4.78, 5) is 12.2. The number of hydrogen-bond acceptors (Lipinski definition) is 3. The van der Waals surface area contributed by atoms with Crippen LogP contribution in [-0.2, 0) is 4.79 Å². The molecule has 0 radical (unpaired) electrons. The lowest BCUT2D eigenvalue weighted by Gasteiger charge is -2.37. The molecule has 0 aliphatic heterocycles. The van der Waals surface area contributed by atoms with Crippen LogP contribution in [0.15, 0.2) is 0 Å². The van der Waals surface area contributed by atoms with Crippen molar-refractivity contribution in [2.75, 3.05) is 6.26 Å². The highest BCUT2D eigenvalue weighted by atomic mass is 32.2. The molecule has 17 heavy (non-hydrogen) atoms. The number of carbonyl (C=O) groups is 1. The molecule has 94 valence electrons. The monoisotopic (exact) mass is 252 g/mol. The SMILES string of the molecule is CSC1CCCCC1NC(=O)C1(C#N)CCC1. The van der Waals surface area contributed by atoms with E-state index in [2.05, 4.69) is 17.6 Å². The normalized spacial score (nSPS) is 31.1. The maximum absolute atomic E-state index is 12.2. The van der Waals surface area contributed by atoms with E-state index in [0.29, 0.717) is 5.25 Å². The lowest BCUT2D eigenvalue weighted by molar-refractivity contribution is -0.132. The molecule has 2 rings (SSSR count). The summed E-state index contributed by atoms with van der Waals surface area (Å²) in [6, 6.07) is 2.49. The number of nitrogens with one attached hydrogen (secondary N) is 1. The fourth-order valence-corrected chi connectivity index (χ4v) is 3.71. The molecule has 4 heteroatoms. The third-order valence-corrected chi connectivity index (χ3v) is 5.35. The zero-order valence-electron chi connectivity index (χ0n) is 10.4. The number of thioether (sulfide) groups is 1. The van der Waals surface area contributed by atoms with Gasteiger partial charge < -0.3 is 5.32 Å². The van der Waals surface area contributed by atoms with Gasteiger partial charge in [0.05, 0.1) is 6.07 Å². The Labute approximate surface area is 107 Å². The minimum atomic E-state index is -0.694. The first-order valence-electron chi connectivity index (χ1n) is 6.47. The van der Waals surface area contributed by atoms with E-state index in [1.54, 1.807) is 0 Å². The predicted octanol–water partition coefficient (Wildman–Crippen LogP) is 2.47. The van der Waals surface area contributed by atoms with Gasteiger partial charge >= 0.3 is 0 Å². The molecule has 0 bridgehead atoms. The van der Waals surface area contributed by atoms with Crippen LogP contribution in [0.5, 0.6) is 0 Å². The molecular formula is C13H20N2OS. The van der Waals surface area contributed by atoms with Crippen molar-refractivity contribution < 1.29 is 4.79 Å². The summed E-state index contributed by atoms with van der Waals surface area (Å²) in [7, 11) is 0. The van der Waals surface area contributed by atoms with Crippen LogP contribution in [0.1, 0.15) is 44.9 Å². The molecule has 2 aliphatic rings. The molecule has 2 unspecified atom stereocenters. The average molecular weight is 252 g/mol. The molecule has 0 heterocycles. The number of hydrogen-bond donors (Lipinski definition) is 1. The third kappa shape index (κ3) is 2.44. The number of carbonyl (C=O) groups excluding carboxylic acids is 1. The van der Waals surface area contributed by atoms with Gasteiger partial charge in [-0.2, -0.15) is 17.0 Å². The van der Waals surface area contributed by atoms with Crippen molar-refractivity contribution in [1.29, 1.82) is 5.26 Å². The zero-order valence-corrected chi connectivity index (χ0v) is 11.2. The van der Waals surface area contributed by atoms with E-state index in [9.17, 15) is 4.79 Å². The van der Waals surface area contributed by atoms with Crippen LogP contribution in [-0.4, -0.2) is 23.5 Å². The average Bonchev–Trinajstić information content (AvgIpc) is 2.29. The Morgan fingerprint density at radius 3 is 2.59 bits per heavy atom. The van der Waals surface area contributed by atoms with E-state index in [4.69, 9.17) is 5.26 Å². The summed E-state index contributed by atoms with van der Waals surface area (Å²) in [6.07, 6.45) is 9.32.